The smallest absolute Gasteiger partial charge is 0.262 e. The molecule has 1 aliphatic rings. The van der Waals surface area contributed by atoms with E-state index in [0.717, 1.165) is 28.3 Å². The number of para-hydroxylation sites is 1. The zero-order valence-electron chi connectivity index (χ0n) is 13.2. The first kappa shape index (κ1) is 13.8. The third-order valence-electron chi connectivity index (χ3n) is 4.27. The van der Waals surface area contributed by atoms with Gasteiger partial charge in [-0.2, -0.15) is 5.10 Å². The fourth-order valence-electron chi connectivity index (χ4n) is 3.07. The Kier molecular flexibility index (Phi) is 3.05. The van der Waals surface area contributed by atoms with Crippen molar-refractivity contribution in [3.8, 4) is 5.69 Å². The van der Waals surface area contributed by atoms with Gasteiger partial charge in [-0.25, -0.2) is 4.68 Å². The Morgan fingerprint density at radius 3 is 2.30 bits per heavy atom. The zero-order chi connectivity index (χ0) is 16.0. The Bertz CT molecular complexity index is 879. The number of carbonyl (C=O) groups excluding carboxylic acids is 1. The molecule has 4 heteroatoms. The highest BCUT2D eigenvalue weighted by molar-refractivity contribution is 6.10. The van der Waals surface area contributed by atoms with Crippen LogP contribution in [0.25, 0.3) is 5.69 Å². The lowest BCUT2D eigenvalue weighted by atomic mass is 10.2. The molecule has 0 fully saturated rings. The van der Waals surface area contributed by atoms with Gasteiger partial charge in [-0.1, -0.05) is 35.9 Å². The Balaban J connectivity index is 1.79. The minimum absolute atomic E-state index is 0.0297. The standard InChI is InChI=1S/C19H17N3O/c1-13-8-10-16(11-9-13)22-17-12-21(15-6-4-3-5-7-15)19(23)18(17)14(2)20-22/h3-11H,12H2,1-2H3. The van der Waals surface area contributed by atoms with Crippen molar-refractivity contribution in [2.45, 2.75) is 20.4 Å². The van der Waals surface area contributed by atoms with Gasteiger partial charge in [-0.05, 0) is 38.1 Å². The summed E-state index contributed by atoms with van der Waals surface area (Å²) in [6.07, 6.45) is 0. The van der Waals surface area contributed by atoms with Crippen LogP contribution in [0.2, 0.25) is 0 Å². The number of amides is 1. The number of rotatable bonds is 2. The monoisotopic (exact) mass is 303 g/mol. The Hall–Kier alpha value is -2.88. The van der Waals surface area contributed by atoms with Crippen LogP contribution >= 0.6 is 0 Å². The molecular weight excluding hydrogens is 286 g/mol. The number of carbonyl (C=O) groups is 1. The van der Waals surface area contributed by atoms with Crippen molar-refractivity contribution in [1.82, 2.24) is 9.78 Å². The summed E-state index contributed by atoms with van der Waals surface area (Å²) in [4.78, 5) is 14.6. The van der Waals surface area contributed by atoms with Gasteiger partial charge in [0, 0.05) is 5.69 Å². The number of aryl methyl sites for hydroxylation is 2. The lowest BCUT2D eigenvalue weighted by Gasteiger charge is -2.16. The van der Waals surface area contributed by atoms with Gasteiger partial charge in [0.1, 0.15) is 0 Å². The van der Waals surface area contributed by atoms with E-state index in [9.17, 15) is 4.79 Å². The van der Waals surface area contributed by atoms with Crippen LogP contribution in [-0.2, 0) is 6.54 Å². The van der Waals surface area contributed by atoms with Gasteiger partial charge in [0.25, 0.3) is 5.91 Å². The van der Waals surface area contributed by atoms with Crippen LogP contribution in [0, 0.1) is 13.8 Å². The second-order valence-corrected chi connectivity index (χ2v) is 5.88. The van der Waals surface area contributed by atoms with Crippen LogP contribution < -0.4 is 4.90 Å². The van der Waals surface area contributed by atoms with E-state index < -0.39 is 0 Å². The van der Waals surface area contributed by atoms with Gasteiger partial charge in [0.2, 0.25) is 0 Å². The van der Waals surface area contributed by atoms with E-state index in [0.29, 0.717) is 6.54 Å². The van der Waals surface area contributed by atoms with Gasteiger partial charge in [-0.15, -0.1) is 0 Å². The fraction of sp³-hybridized carbons (Fsp3) is 0.158. The summed E-state index contributed by atoms with van der Waals surface area (Å²) in [7, 11) is 0. The number of nitrogens with zero attached hydrogens (tertiary/aromatic N) is 3. The number of fused-ring (bicyclic) bond motifs is 1. The normalized spacial score (nSPS) is 13.5. The molecule has 3 aromatic rings. The molecule has 0 aliphatic carbocycles. The molecule has 1 amide bonds. The highest BCUT2D eigenvalue weighted by Crippen LogP contribution is 2.31. The second kappa shape index (κ2) is 5.09. The summed E-state index contributed by atoms with van der Waals surface area (Å²) in [5, 5.41) is 4.58. The highest BCUT2D eigenvalue weighted by Gasteiger charge is 2.34. The summed E-state index contributed by atoms with van der Waals surface area (Å²) in [6, 6.07) is 18.0. The molecule has 0 bridgehead atoms. The molecule has 0 saturated carbocycles. The van der Waals surface area contributed by atoms with Crippen LogP contribution in [0.4, 0.5) is 5.69 Å². The topological polar surface area (TPSA) is 38.1 Å². The molecule has 0 unspecified atom stereocenters. The van der Waals surface area contributed by atoms with Crippen molar-refractivity contribution in [3.05, 3.63) is 77.1 Å². The van der Waals surface area contributed by atoms with Gasteiger partial charge in [0.05, 0.1) is 29.2 Å². The van der Waals surface area contributed by atoms with E-state index in [2.05, 4.69) is 24.2 Å². The first-order valence-corrected chi connectivity index (χ1v) is 7.67. The molecule has 114 valence electrons. The predicted octanol–water partition coefficient (Wildman–Crippen LogP) is 3.65. The van der Waals surface area contributed by atoms with Crippen LogP contribution in [0.1, 0.15) is 27.3 Å². The third-order valence-corrected chi connectivity index (χ3v) is 4.27. The lowest BCUT2D eigenvalue weighted by molar-refractivity contribution is 0.0996. The van der Waals surface area contributed by atoms with Gasteiger partial charge in [0.15, 0.2) is 0 Å². The molecule has 4 rings (SSSR count). The van der Waals surface area contributed by atoms with E-state index in [1.807, 2.05) is 59.0 Å². The Morgan fingerprint density at radius 1 is 0.913 bits per heavy atom. The highest BCUT2D eigenvalue weighted by atomic mass is 16.2. The number of anilines is 1. The van der Waals surface area contributed by atoms with Crippen molar-refractivity contribution in [3.63, 3.8) is 0 Å². The van der Waals surface area contributed by atoms with E-state index in [1.54, 1.807) is 0 Å². The molecule has 2 heterocycles. The van der Waals surface area contributed by atoms with Gasteiger partial charge in [-0.3, -0.25) is 4.79 Å². The number of hydrogen-bond acceptors (Lipinski definition) is 2. The molecular formula is C19H17N3O. The minimum Gasteiger partial charge on any atom is -0.302 e. The van der Waals surface area contributed by atoms with Crippen molar-refractivity contribution < 1.29 is 4.79 Å². The Morgan fingerprint density at radius 2 is 1.61 bits per heavy atom. The van der Waals surface area contributed by atoms with Crippen molar-refractivity contribution >= 4 is 11.6 Å². The minimum atomic E-state index is 0.0297. The van der Waals surface area contributed by atoms with Crippen molar-refractivity contribution in [1.29, 1.82) is 0 Å². The van der Waals surface area contributed by atoms with Crippen LogP contribution in [0.15, 0.2) is 54.6 Å². The number of aromatic nitrogens is 2. The summed E-state index contributed by atoms with van der Waals surface area (Å²) in [5.74, 6) is 0.0297. The maximum absolute atomic E-state index is 12.8. The molecule has 0 spiro atoms. The maximum atomic E-state index is 12.8. The van der Waals surface area contributed by atoms with E-state index in [-0.39, 0.29) is 5.91 Å². The molecule has 0 atom stereocenters. The molecule has 0 N–H and O–H groups in total. The average Bonchev–Trinajstić information content (AvgIpc) is 3.08. The molecule has 23 heavy (non-hydrogen) atoms. The third kappa shape index (κ3) is 2.14. The van der Waals surface area contributed by atoms with E-state index >= 15 is 0 Å². The number of hydrogen-bond donors (Lipinski definition) is 0. The average molecular weight is 303 g/mol. The molecule has 4 nitrogen and oxygen atoms in total. The fourth-order valence-corrected chi connectivity index (χ4v) is 3.07. The van der Waals surface area contributed by atoms with Crippen LogP contribution in [0.3, 0.4) is 0 Å². The second-order valence-electron chi connectivity index (χ2n) is 5.88. The molecule has 1 aliphatic heterocycles. The quantitative estimate of drug-likeness (QED) is 0.725. The van der Waals surface area contributed by atoms with Gasteiger partial charge >= 0.3 is 0 Å². The van der Waals surface area contributed by atoms with Gasteiger partial charge < -0.3 is 4.90 Å². The van der Waals surface area contributed by atoms with Crippen molar-refractivity contribution in [2.75, 3.05) is 4.90 Å². The SMILES string of the molecule is Cc1ccc(-n2nc(C)c3c2CN(c2ccccc2)C3=O)cc1. The summed E-state index contributed by atoms with van der Waals surface area (Å²) in [6.45, 7) is 4.51. The van der Waals surface area contributed by atoms with Crippen LogP contribution in [0.5, 0.6) is 0 Å². The molecule has 1 aromatic heterocycles. The largest absolute Gasteiger partial charge is 0.302 e. The predicted molar refractivity (Wildman–Crippen MR) is 90.0 cm³/mol. The summed E-state index contributed by atoms with van der Waals surface area (Å²) in [5.41, 5.74) is 5.58. The molecule has 0 saturated heterocycles. The molecule has 0 radical (unpaired) electrons. The summed E-state index contributed by atoms with van der Waals surface area (Å²) >= 11 is 0. The number of benzene rings is 2. The van der Waals surface area contributed by atoms with E-state index in [4.69, 9.17) is 0 Å². The maximum Gasteiger partial charge on any atom is 0.262 e. The summed E-state index contributed by atoms with van der Waals surface area (Å²) < 4.78 is 1.89. The van der Waals surface area contributed by atoms with E-state index in [1.165, 1.54) is 5.56 Å². The Labute approximate surface area is 135 Å². The first-order valence-electron chi connectivity index (χ1n) is 7.67. The zero-order valence-corrected chi connectivity index (χ0v) is 13.2. The first-order chi connectivity index (χ1) is 11.1. The van der Waals surface area contributed by atoms with Crippen LogP contribution in [-0.4, -0.2) is 15.7 Å². The lowest BCUT2D eigenvalue weighted by Crippen LogP contribution is -2.24. The van der Waals surface area contributed by atoms with Crippen molar-refractivity contribution in [2.24, 2.45) is 0 Å². The molecule has 2 aromatic carbocycles.